The number of ether oxygens (including phenoxy) is 1. The molecule has 0 fully saturated rings. The summed E-state index contributed by atoms with van der Waals surface area (Å²) in [6.45, 7) is 1.31. The molecule has 0 radical (unpaired) electrons. The second-order valence-corrected chi connectivity index (χ2v) is 1.61. The van der Waals surface area contributed by atoms with Gasteiger partial charge < -0.3 is 10.1 Å². The molecular formula is C6H9NO3. The normalized spacial score (nSPS) is 10.4. The molecule has 0 heterocycles. The van der Waals surface area contributed by atoms with Gasteiger partial charge in [-0.25, -0.2) is 0 Å². The number of amides is 1. The predicted molar refractivity (Wildman–Crippen MR) is 35.0 cm³/mol. The molecule has 0 rings (SSSR count). The van der Waals surface area contributed by atoms with Crippen LogP contribution in [0.1, 0.15) is 6.92 Å². The van der Waals surface area contributed by atoms with Crippen molar-refractivity contribution in [3.63, 3.8) is 0 Å². The Kier molecular flexibility index (Phi) is 3.95. The summed E-state index contributed by atoms with van der Waals surface area (Å²) in [6.07, 6.45) is 1.67. The summed E-state index contributed by atoms with van der Waals surface area (Å²) in [4.78, 5) is 20.4. The molecule has 10 heavy (non-hydrogen) atoms. The number of carbonyl (C=O) groups excluding carboxylic acids is 2. The summed E-state index contributed by atoms with van der Waals surface area (Å²) in [5, 5.41) is 2.26. The van der Waals surface area contributed by atoms with Gasteiger partial charge in [-0.15, -0.1) is 0 Å². The van der Waals surface area contributed by atoms with Crippen LogP contribution in [-0.4, -0.2) is 19.3 Å². The summed E-state index contributed by atoms with van der Waals surface area (Å²) in [5.74, 6) is -0.296. The highest BCUT2D eigenvalue weighted by Crippen LogP contribution is 1.82. The van der Waals surface area contributed by atoms with Crippen LogP contribution in [0.5, 0.6) is 0 Å². The fraction of sp³-hybridized carbons (Fsp3) is 0.333. The van der Waals surface area contributed by atoms with Gasteiger partial charge in [-0.1, -0.05) is 0 Å². The number of methoxy groups -OCH3 is 1. The molecule has 0 saturated heterocycles. The standard InChI is InChI=1S/C6H9NO3/c1-5(9)7-6(3-8)4-10-2/h3-4H,1-2H3,(H,7,9)/b6-4+. The third-order valence-electron chi connectivity index (χ3n) is 0.692. The van der Waals surface area contributed by atoms with E-state index in [0.29, 0.717) is 6.29 Å². The highest BCUT2D eigenvalue weighted by molar-refractivity contribution is 5.83. The Bertz CT molecular complexity index is 162. The number of nitrogens with one attached hydrogen (secondary N) is 1. The molecule has 1 amide bonds. The number of carbonyl (C=O) groups is 2. The highest BCUT2D eigenvalue weighted by atomic mass is 16.5. The lowest BCUT2D eigenvalue weighted by atomic mass is 10.5. The quantitative estimate of drug-likeness (QED) is 0.338. The lowest BCUT2D eigenvalue weighted by molar-refractivity contribution is -0.119. The van der Waals surface area contributed by atoms with Crippen LogP contribution in [0.3, 0.4) is 0 Å². The summed E-state index contributed by atoms with van der Waals surface area (Å²) in [6, 6.07) is 0. The van der Waals surface area contributed by atoms with Gasteiger partial charge in [0.05, 0.1) is 7.11 Å². The fourth-order valence-corrected chi connectivity index (χ4v) is 0.417. The number of hydrogen-bond acceptors (Lipinski definition) is 3. The molecule has 0 aromatic carbocycles. The number of aldehydes is 1. The van der Waals surface area contributed by atoms with Gasteiger partial charge in [0.25, 0.3) is 0 Å². The predicted octanol–water partition coefficient (Wildman–Crippen LogP) is -0.191. The van der Waals surface area contributed by atoms with Crippen LogP contribution in [0.2, 0.25) is 0 Å². The fourth-order valence-electron chi connectivity index (χ4n) is 0.417. The first-order valence-electron chi connectivity index (χ1n) is 2.66. The molecular weight excluding hydrogens is 134 g/mol. The third kappa shape index (κ3) is 3.65. The molecule has 4 heteroatoms. The number of allylic oxidation sites excluding steroid dienone is 1. The minimum absolute atomic E-state index is 0.120. The van der Waals surface area contributed by atoms with E-state index in [4.69, 9.17) is 0 Å². The first-order valence-corrected chi connectivity index (χ1v) is 2.66. The van der Waals surface area contributed by atoms with Crippen molar-refractivity contribution in [1.82, 2.24) is 5.32 Å². The molecule has 56 valence electrons. The van der Waals surface area contributed by atoms with Crippen LogP contribution < -0.4 is 5.32 Å². The largest absolute Gasteiger partial charge is 0.502 e. The smallest absolute Gasteiger partial charge is 0.221 e. The molecule has 0 bridgehead atoms. The first-order chi connectivity index (χ1) is 4.70. The van der Waals surface area contributed by atoms with Crippen LogP contribution in [-0.2, 0) is 14.3 Å². The first kappa shape index (κ1) is 8.68. The van der Waals surface area contributed by atoms with E-state index in [1.54, 1.807) is 0 Å². The van der Waals surface area contributed by atoms with Crippen LogP contribution >= 0.6 is 0 Å². The molecule has 0 atom stereocenters. The Morgan fingerprint density at radius 2 is 2.20 bits per heavy atom. The van der Waals surface area contributed by atoms with Crippen molar-refractivity contribution >= 4 is 12.2 Å². The number of rotatable bonds is 3. The van der Waals surface area contributed by atoms with E-state index >= 15 is 0 Å². The second-order valence-electron chi connectivity index (χ2n) is 1.61. The van der Waals surface area contributed by atoms with Gasteiger partial charge in [0.1, 0.15) is 12.0 Å². The molecule has 0 spiro atoms. The minimum Gasteiger partial charge on any atom is -0.502 e. The van der Waals surface area contributed by atoms with Gasteiger partial charge in [-0.3, -0.25) is 9.59 Å². The molecule has 4 nitrogen and oxygen atoms in total. The van der Waals surface area contributed by atoms with Crippen molar-refractivity contribution < 1.29 is 14.3 Å². The Balaban J connectivity index is 3.95. The molecule has 0 saturated carbocycles. The van der Waals surface area contributed by atoms with Gasteiger partial charge in [-0.2, -0.15) is 0 Å². The minimum atomic E-state index is -0.296. The zero-order valence-corrected chi connectivity index (χ0v) is 5.88. The van der Waals surface area contributed by atoms with Gasteiger partial charge in [0.2, 0.25) is 5.91 Å². The van der Waals surface area contributed by atoms with Crippen molar-refractivity contribution in [3.05, 3.63) is 12.0 Å². The Hall–Kier alpha value is -1.32. The van der Waals surface area contributed by atoms with Crippen molar-refractivity contribution in [2.24, 2.45) is 0 Å². The van der Waals surface area contributed by atoms with E-state index in [-0.39, 0.29) is 11.6 Å². The van der Waals surface area contributed by atoms with Crippen molar-refractivity contribution in [2.75, 3.05) is 7.11 Å². The molecule has 0 aromatic heterocycles. The van der Waals surface area contributed by atoms with Gasteiger partial charge in [0, 0.05) is 6.92 Å². The summed E-state index contributed by atoms with van der Waals surface area (Å²) < 4.78 is 4.49. The van der Waals surface area contributed by atoms with Crippen LogP contribution in [0.25, 0.3) is 0 Å². The van der Waals surface area contributed by atoms with Gasteiger partial charge in [-0.05, 0) is 0 Å². The maximum atomic E-state index is 10.3. The number of hydrogen-bond donors (Lipinski definition) is 1. The van der Waals surface area contributed by atoms with E-state index in [9.17, 15) is 9.59 Å². The molecule has 0 aliphatic rings. The van der Waals surface area contributed by atoms with E-state index < -0.39 is 0 Å². The molecule has 0 unspecified atom stereocenters. The molecule has 0 aromatic rings. The topological polar surface area (TPSA) is 55.4 Å². The zero-order valence-electron chi connectivity index (χ0n) is 5.88. The maximum absolute atomic E-state index is 10.3. The SMILES string of the molecule is CO/C=C(\C=O)NC(C)=O. The van der Waals surface area contributed by atoms with Crippen LogP contribution in [0, 0.1) is 0 Å². The third-order valence-corrected chi connectivity index (χ3v) is 0.692. The highest BCUT2D eigenvalue weighted by Gasteiger charge is 1.95. The van der Waals surface area contributed by atoms with Gasteiger partial charge in [0.15, 0.2) is 6.29 Å². The second kappa shape index (κ2) is 4.55. The van der Waals surface area contributed by atoms with Crippen molar-refractivity contribution in [1.29, 1.82) is 0 Å². The lowest BCUT2D eigenvalue weighted by Crippen LogP contribution is -2.19. The monoisotopic (exact) mass is 143 g/mol. The molecule has 0 aliphatic carbocycles. The van der Waals surface area contributed by atoms with E-state index in [0.717, 1.165) is 6.26 Å². The molecule has 0 aliphatic heterocycles. The van der Waals surface area contributed by atoms with Crippen molar-refractivity contribution in [3.8, 4) is 0 Å². The average Bonchev–Trinajstić information content (AvgIpc) is 1.86. The summed E-state index contributed by atoms with van der Waals surface area (Å²) in [7, 11) is 1.39. The van der Waals surface area contributed by atoms with Gasteiger partial charge >= 0.3 is 0 Å². The molecule has 1 N–H and O–H groups in total. The van der Waals surface area contributed by atoms with E-state index in [2.05, 4.69) is 10.1 Å². The van der Waals surface area contributed by atoms with E-state index in [1.807, 2.05) is 0 Å². The van der Waals surface area contributed by atoms with Crippen LogP contribution in [0.4, 0.5) is 0 Å². The lowest BCUT2D eigenvalue weighted by Gasteiger charge is -1.97. The Morgan fingerprint density at radius 3 is 2.50 bits per heavy atom. The van der Waals surface area contributed by atoms with E-state index in [1.165, 1.54) is 14.0 Å². The zero-order chi connectivity index (χ0) is 7.98. The summed E-state index contributed by atoms with van der Waals surface area (Å²) in [5.41, 5.74) is 0.120. The van der Waals surface area contributed by atoms with Crippen LogP contribution in [0.15, 0.2) is 12.0 Å². The Morgan fingerprint density at radius 1 is 1.60 bits per heavy atom. The average molecular weight is 143 g/mol. The maximum Gasteiger partial charge on any atom is 0.221 e. The van der Waals surface area contributed by atoms with Crippen molar-refractivity contribution in [2.45, 2.75) is 6.92 Å². The summed E-state index contributed by atoms with van der Waals surface area (Å²) >= 11 is 0. The Labute approximate surface area is 58.9 Å².